The Hall–Kier alpha value is -3.20. The van der Waals surface area contributed by atoms with Gasteiger partial charge >= 0.3 is 0 Å². The first-order valence-corrected chi connectivity index (χ1v) is 8.30. The molecular weight excluding hydrogens is 308 g/mol. The van der Waals surface area contributed by atoms with Gasteiger partial charge in [-0.3, -0.25) is 0 Å². The molecule has 0 fully saturated rings. The summed E-state index contributed by atoms with van der Waals surface area (Å²) in [4.78, 5) is 0. The van der Waals surface area contributed by atoms with E-state index in [4.69, 9.17) is 4.74 Å². The number of ether oxygens (including phenoxy) is 1. The highest BCUT2D eigenvalue weighted by molar-refractivity contribution is 5.96. The van der Waals surface area contributed by atoms with Crippen molar-refractivity contribution < 1.29 is 4.74 Å². The molecule has 1 unspecified atom stereocenters. The van der Waals surface area contributed by atoms with E-state index in [1.54, 1.807) is 6.21 Å². The third-order valence-electron chi connectivity index (χ3n) is 4.23. The Labute approximate surface area is 147 Å². The molecule has 0 amide bonds. The molecule has 122 valence electrons. The zero-order valence-electron chi connectivity index (χ0n) is 14.0. The van der Waals surface area contributed by atoms with Crippen LogP contribution in [0.5, 0.6) is 0 Å². The summed E-state index contributed by atoms with van der Waals surface area (Å²) in [6.07, 6.45) is 1.51. The van der Waals surface area contributed by atoms with Crippen LogP contribution < -0.4 is 0 Å². The minimum Gasteiger partial charge on any atom is -0.462 e. The Bertz CT molecular complexity index is 911. The average molecular weight is 326 g/mol. The third kappa shape index (κ3) is 3.36. The van der Waals surface area contributed by atoms with Crippen LogP contribution in [0, 0.1) is 6.92 Å². The highest BCUT2D eigenvalue weighted by Crippen LogP contribution is 2.25. The van der Waals surface area contributed by atoms with Crippen LogP contribution in [0.25, 0.3) is 11.1 Å². The van der Waals surface area contributed by atoms with E-state index in [-0.39, 0.29) is 6.10 Å². The zero-order chi connectivity index (χ0) is 17.1. The molecule has 4 rings (SSSR count). The van der Waals surface area contributed by atoms with Gasteiger partial charge < -0.3 is 4.74 Å². The number of nitrogens with zero attached hydrogens (tertiary/aromatic N) is 2. The molecule has 0 saturated heterocycles. The van der Waals surface area contributed by atoms with E-state index in [9.17, 15) is 0 Å². The zero-order valence-corrected chi connectivity index (χ0v) is 14.0. The lowest BCUT2D eigenvalue weighted by molar-refractivity contribution is 0.258. The Morgan fingerprint density at radius 2 is 1.36 bits per heavy atom. The molecule has 3 aromatic carbocycles. The molecule has 0 aliphatic carbocycles. The summed E-state index contributed by atoms with van der Waals surface area (Å²) in [5.41, 5.74) is 5.59. The van der Waals surface area contributed by atoms with Crippen LogP contribution in [0.3, 0.4) is 0 Å². The molecule has 0 radical (unpaired) electrons. The Morgan fingerprint density at radius 1 is 0.720 bits per heavy atom. The van der Waals surface area contributed by atoms with Gasteiger partial charge in [0.05, 0.1) is 6.21 Å². The summed E-state index contributed by atoms with van der Waals surface area (Å²) < 4.78 is 6.04. The van der Waals surface area contributed by atoms with Crippen molar-refractivity contribution in [3.05, 3.63) is 95.6 Å². The van der Waals surface area contributed by atoms with E-state index >= 15 is 0 Å². The number of rotatable bonds is 3. The van der Waals surface area contributed by atoms with Crippen molar-refractivity contribution in [1.29, 1.82) is 0 Å². The maximum atomic E-state index is 6.04. The lowest BCUT2D eigenvalue weighted by atomic mass is 10.0. The third-order valence-corrected chi connectivity index (χ3v) is 4.23. The van der Waals surface area contributed by atoms with Crippen LogP contribution in [0.15, 0.2) is 89.1 Å². The predicted octanol–water partition coefficient (Wildman–Crippen LogP) is 5.17. The van der Waals surface area contributed by atoms with Gasteiger partial charge in [-0.1, -0.05) is 72.3 Å². The molecule has 0 bridgehead atoms. The molecule has 0 saturated carbocycles. The Balaban J connectivity index is 1.54. The number of aryl methyl sites for hydroxylation is 1. The number of benzene rings is 3. The summed E-state index contributed by atoms with van der Waals surface area (Å²) in [6, 6.07) is 26.8. The first-order chi connectivity index (χ1) is 12.3. The maximum Gasteiger partial charge on any atom is 0.241 e. The molecule has 0 N–H and O–H groups in total. The normalized spacial score (nSPS) is 16.2. The van der Waals surface area contributed by atoms with Gasteiger partial charge in [0.2, 0.25) is 5.90 Å². The highest BCUT2D eigenvalue weighted by atomic mass is 16.5. The number of hydrogen-bond acceptors (Lipinski definition) is 3. The fraction of sp³-hybridized carbons (Fsp3) is 0.0909. The minimum atomic E-state index is -0.223. The Morgan fingerprint density at radius 3 is 2.08 bits per heavy atom. The van der Waals surface area contributed by atoms with E-state index in [0.29, 0.717) is 5.90 Å². The average Bonchev–Trinajstić information content (AvgIpc) is 2.69. The van der Waals surface area contributed by atoms with Crippen LogP contribution in [0.4, 0.5) is 0 Å². The standard InChI is InChI=1S/C22H18N2O/c1-16-7-9-20(10-8-16)22-24-23-15-21(25-22)19-13-11-18(12-14-19)17-5-3-2-4-6-17/h2-15,21H,1H3. The monoisotopic (exact) mass is 326 g/mol. The smallest absolute Gasteiger partial charge is 0.241 e. The van der Waals surface area contributed by atoms with Crippen LogP contribution in [0.1, 0.15) is 22.8 Å². The molecule has 0 aromatic heterocycles. The van der Waals surface area contributed by atoms with Gasteiger partial charge in [0.25, 0.3) is 0 Å². The van der Waals surface area contributed by atoms with Crippen LogP contribution in [0.2, 0.25) is 0 Å². The van der Waals surface area contributed by atoms with Crippen LogP contribution in [-0.4, -0.2) is 12.1 Å². The molecule has 1 heterocycles. The number of hydrogen-bond donors (Lipinski definition) is 0. The topological polar surface area (TPSA) is 34.0 Å². The second-order valence-electron chi connectivity index (χ2n) is 6.06. The largest absolute Gasteiger partial charge is 0.462 e. The summed E-state index contributed by atoms with van der Waals surface area (Å²) in [5, 5.41) is 8.27. The summed E-state index contributed by atoms with van der Waals surface area (Å²) in [6.45, 7) is 2.06. The predicted molar refractivity (Wildman–Crippen MR) is 102 cm³/mol. The molecule has 1 aliphatic rings. The first-order valence-electron chi connectivity index (χ1n) is 8.30. The van der Waals surface area contributed by atoms with Gasteiger partial charge in [0, 0.05) is 5.56 Å². The van der Waals surface area contributed by atoms with Gasteiger partial charge in [0.15, 0.2) is 6.10 Å². The van der Waals surface area contributed by atoms with E-state index < -0.39 is 0 Å². The van der Waals surface area contributed by atoms with Gasteiger partial charge in [-0.05, 0) is 35.7 Å². The van der Waals surface area contributed by atoms with Crippen molar-refractivity contribution in [2.24, 2.45) is 10.2 Å². The maximum absolute atomic E-state index is 6.04. The molecule has 25 heavy (non-hydrogen) atoms. The van der Waals surface area contributed by atoms with E-state index in [2.05, 4.69) is 53.5 Å². The van der Waals surface area contributed by atoms with Gasteiger partial charge in [-0.25, -0.2) is 0 Å². The van der Waals surface area contributed by atoms with Crippen molar-refractivity contribution in [3.63, 3.8) is 0 Å². The van der Waals surface area contributed by atoms with Crippen molar-refractivity contribution in [3.8, 4) is 11.1 Å². The lowest BCUT2D eigenvalue weighted by Gasteiger charge is -2.19. The highest BCUT2D eigenvalue weighted by Gasteiger charge is 2.18. The van der Waals surface area contributed by atoms with E-state index in [1.807, 2.05) is 42.5 Å². The summed E-state index contributed by atoms with van der Waals surface area (Å²) >= 11 is 0. The van der Waals surface area contributed by atoms with E-state index in [0.717, 1.165) is 11.1 Å². The first kappa shape index (κ1) is 15.3. The Kier molecular flexibility index (Phi) is 4.13. The van der Waals surface area contributed by atoms with Crippen LogP contribution in [-0.2, 0) is 4.74 Å². The molecule has 1 atom stereocenters. The SMILES string of the molecule is Cc1ccc(C2=NN=CC(c3ccc(-c4ccccc4)cc3)O2)cc1. The van der Waals surface area contributed by atoms with Crippen LogP contribution >= 0.6 is 0 Å². The van der Waals surface area contributed by atoms with Gasteiger partial charge in [-0.2, -0.15) is 5.10 Å². The van der Waals surface area contributed by atoms with Gasteiger partial charge in [0.1, 0.15) is 0 Å². The minimum absolute atomic E-state index is 0.223. The quantitative estimate of drug-likeness (QED) is 0.654. The van der Waals surface area contributed by atoms with Crippen molar-refractivity contribution >= 4 is 12.1 Å². The van der Waals surface area contributed by atoms with Gasteiger partial charge in [-0.15, -0.1) is 5.10 Å². The fourth-order valence-corrected chi connectivity index (χ4v) is 2.79. The molecular formula is C22H18N2O. The second-order valence-corrected chi connectivity index (χ2v) is 6.06. The summed E-state index contributed by atoms with van der Waals surface area (Å²) in [7, 11) is 0. The molecule has 3 heteroatoms. The van der Waals surface area contributed by atoms with Crippen molar-refractivity contribution in [1.82, 2.24) is 0 Å². The molecule has 1 aliphatic heterocycles. The fourth-order valence-electron chi connectivity index (χ4n) is 2.79. The summed E-state index contributed by atoms with van der Waals surface area (Å²) in [5.74, 6) is 0.555. The lowest BCUT2D eigenvalue weighted by Crippen LogP contribution is -2.16. The second kappa shape index (κ2) is 6.73. The molecule has 0 spiro atoms. The van der Waals surface area contributed by atoms with Crippen molar-refractivity contribution in [2.45, 2.75) is 13.0 Å². The molecule has 3 aromatic rings. The van der Waals surface area contributed by atoms with Crippen molar-refractivity contribution in [2.75, 3.05) is 0 Å². The van der Waals surface area contributed by atoms with E-state index in [1.165, 1.54) is 16.7 Å². The molecule has 3 nitrogen and oxygen atoms in total.